The van der Waals surface area contributed by atoms with Gasteiger partial charge in [0.1, 0.15) is 0 Å². The van der Waals surface area contributed by atoms with Crippen molar-refractivity contribution in [3.63, 3.8) is 0 Å². The van der Waals surface area contributed by atoms with E-state index in [1.54, 1.807) is 12.1 Å². The minimum Gasteiger partial charge on any atom is -0.454 e. The molecule has 7 heteroatoms. The summed E-state index contributed by atoms with van der Waals surface area (Å²) in [7, 11) is 0. The Bertz CT molecular complexity index is 940. The van der Waals surface area contributed by atoms with E-state index in [9.17, 15) is 4.79 Å². The van der Waals surface area contributed by atoms with Crippen LogP contribution in [0.15, 0.2) is 46.3 Å². The van der Waals surface area contributed by atoms with E-state index in [-0.39, 0.29) is 12.7 Å². The number of amidine groups is 1. The molecule has 0 bridgehead atoms. The number of carbonyl (C=O) groups is 1. The fraction of sp³-hybridized carbons (Fsp3) is 0.111. The lowest BCUT2D eigenvalue weighted by molar-refractivity contribution is -0.115. The molecule has 0 atom stereocenters. The van der Waals surface area contributed by atoms with E-state index in [1.807, 2.05) is 37.3 Å². The highest BCUT2D eigenvalue weighted by molar-refractivity contribution is 8.18. The van der Waals surface area contributed by atoms with Gasteiger partial charge in [0.05, 0.1) is 10.6 Å². The average Bonchev–Trinajstić information content (AvgIpc) is 3.17. The van der Waals surface area contributed by atoms with Crippen LogP contribution in [0.1, 0.15) is 11.1 Å². The number of hydrogen-bond donors (Lipinski definition) is 1. The maximum absolute atomic E-state index is 12.2. The van der Waals surface area contributed by atoms with Crippen LogP contribution in [0.4, 0.5) is 5.69 Å². The summed E-state index contributed by atoms with van der Waals surface area (Å²) >= 11 is 7.31. The van der Waals surface area contributed by atoms with Crippen LogP contribution in [-0.4, -0.2) is 17.9 Å². The fourth-order valence-corrected chi connectivity index (χ4v) is 3.45. The molecule has 2 aliphatic heterocycles. The second-order valence-electron chi connectivity index (χ2n) is 5.53. The molecule has 0 aromatic heterocycles. The molecule has 0 aliphatic carbocycles. The number of hydrogen-bond acceptors (Lipinski definition) is 5. The molecular weight excluding hydrogens is 360 g/mol. The van der Waals surface area contributed by atoms with Crippen molar-refractivity contribution in [1.82, 2.24) is 5.32 Å². The van der Waals surface area contributed by atoms with E-state index in [0.717, 1.165) is 16.8 Å². The highest BCUT2D eigenvalue weighted by atomic mass is 35.5. The van der Waals surface area contributed by atoms with Gasteiger partial charge in [-0.25, -0.2) is 4.99 Å². The zero-order valence-corrected chi connectivity index (χ0v) is 14.8. The standard InChI is InChI=1S/C18H13ClN2O3S/c1-10-2-4-12(19)8-13(10)20-18-21-17(22)16(25-18)7-11-3-5-14-15(6-11)24-9-23-14/h2-8H,9H2,1H3,(H,20,21,22)/b16-7-. The number of benzene rings is 2. The zero-order chi connectivity index (χ0) is 17.4. The highest BCUT2D eigenvalue weighted by Crippen LogP contribution is 2.35. The van der Waals surface area contributed by atoms with Gasteiger partial charge in [0.2, 0.25) is 6.79 Å². The third kappa shape index (κ3) is 3.36. The van der Waals surface area contributed by atoms with Gasteiger partial charge in [0.15, 0.2) is 16.7 Å². The Balaban J connectivity index is 1.60. The predicted molar refractivity (Wildman–Crippen MR) is 99.6 cm³/mol. The summed E-state index contributed by atoms with van der Waals surface area (Å²) in [4.78, 5) is 17.3. The number of amides is 1. The van der Waals surface area contributed by atoms with E-state index in [4.69, 9.17) is 21.1 Å². The molecule has 4 rings (SSSR count). The Kier molecular flexibility index (Phi) is 4.15. The van der Waals surface area contributed by atoms with Gasteiger partial charge < -0.3 is 14.8 Å². The van der Waals surface area contributed by atoms with Crippen LogP contribution in [0.25, 0.3) is 6.08 Å². The number of halogens is 1. The average molecular weight is 373 g/mol. The maximum Gasteiger partial charge on any atom is 0.264 e. The number of nitrogens with one attached hydrogen (secondary N) is 1. The molecule has 1 amide bonds. The maximum atomic E-state index is 12.2. The number of rotatable bonds is 2. The molecule has 2 heterocycles. The Morgan fingerprint density at radius 1 is 1.20 bits per heavy atom. The van der Waals surface area contributed by atoms with Crippen molar-refractivity contribution in [3.8, 4) is 11.5 Å². The lowest BCUT2D eigenvalue weighted by Gasteiger charge is -2.01. The van der Waals surface area contributed by atoms with Crippen LogP contribution in [0.2, 0.25) is 5.02 Å². The molecule has 1 saturated heterocycles. The third-order valence-electron chi connectivity index (χ3n) is 3.74. The smallest absolute Gasteiger partial charge is 0.264 e. The summed E-state index contributed by atoms with van der Waals surface area (Å²) in [6.45, 7) is 2.17. The molecule has 2 aliphatic rings. The van der Waals surface area contributed by atoms with Gasteiger partial charge in [-0.1, -0.05) is 23.7 Å². The van der Waals surface area contributed by atoms with Crippen molar-refractivity contribution in [1.29, 1.82) is 0 Å². The molecule has 0 unspecified atom stereocenters. The number of fused-ring (bicyclic) bond motifs is 1. The van der Waals surface area contributed by atoms with Gasteiger partial charge in [-0.05, 0) is 60.2 Å². The van der Waals surface area contributed by atoms with Crippen LogP contribution in [0.3, 0.4) is 0 Å². The number of aliphatic imine (C=N–C) groups is 1. The van der Waals surface area contributed by atoms with Gasteiger partial charge in [0, 0.05) is 5.02 Å². The molecule has 1 fully saturated rings. The number of aryl methyl sites for hydroxylation is 1. The topological polar surface area (TPSA) is 59.9 Å². The molecular formula is C18H13ClN2O3S. The second-order valence-corrected chi connectivity index (χ2v) is 6.99. The fourth-order valence-electron chi connectivity index (χ4n) is 2.45. The van der Waals surface area contributed by atoms with E-state index in [1.165, 1.54) is 11.8 Å². The van der Waals surface area contributed by atoms with Crippen molar-refractivity contribution in [2.75, 3.05) is 6.79 Å². The molecule has 2 aromatic carbocycles. The molecule has 126 valence electrons. The number of nitrogens with zero attached hydrogens (tertiary/aromatic N) is 1. The summed E-state index contributed by atoms with van der Waals surface area (Å²) in [5, 5.41) is 3.92. The van der Waals surface area contributed by atoms with Crippen LogP contribution >= 0.6 is 23.4 Å². The molecule has 1 N–H and O–H groups in total. The van der Waals surface area contributed by atoms with Crippen molar-refractivity contribution in [3.05, 3.63) is 57.5 Å². The van der Waals surface area contributed by atoms with Gasteiger partial charge >= 0.3 is 0 Å². The summed E-state index contributed by atoms with van der Waals surface area (Å²) < 4.78 is 10.7. The first kappa shape index (κ1) is 16.1. The normalized spacial score (nSPS) is 18.9. The highest BCUT2D eigenvalue weighted by Gasteiger charge is 2.24. The lowest BCUT2D eigenvalue weighted by atomic mass is 10.2. The molecule has 0 radical (unpaired) electrons. The molecule has 0 spiro atoms. The van der Waals surface area contributed by atoms with E-state index in [0.29, 0.717) is 26.6 Å². The largest absolute Gasteiger partial charge is 0.454 e. The summed E-state index contributed by atoms with van der Waals surface area (Å²) in [5.41, 5.74) is 2.58. The second kappa shape index (κ2) is 6.46. The van der Waals surface area contributed by atoms with Gasteiger partial charge in [-0.3, -0.25) is 4.79 Å². The Morgan fingerprint density at radius 3 is 2.92 bits per heavy atom. The van der Waals surface area contributed by atoms with E-state index in [2.05, 4.69) is 10.3 Å². The first-order chi connectivity index (χ1) is 12.1. The summed E-state index contributed by atoms with van der Waals surface area (Å²) in [6, 6.07) is 11.0. The first-order valence-corrected chi connectivity index (χ1v) is 8.73. The number of thioether (sulfide) groups is 1. The van der Waals surface area contributed by atoms with Gasteiger partial charge in [-0.15, -0.1) is 0 Å². The van der Waals surface area contributed by atoms with E-state index < -0.39 is 0 Å². The summed E-state index contributed by atoms with van der Waals surface area (Å²) in [6.07, 6.45) is 1.80. The molecule has 5 nitrogen and oxygen atoms in total. The first-order valence-electron chi connectivity index (χ1n) is 7.54. The Morgan fingerprint density at radius 2 is 2.04 bits per heavy atom. The third-order valence-corrected chi connectivity index (χ3v) is 4.88. The SMILES string of the molecule is Cc1ccc(Cl)cc1N=C1NC(=O)/C(=C/c2ccc3c(c2)OCO3)S1. The van der Waals surface area contributed by atoms with E-state index >= 15 is 0 Å². The molecule has 2 aromatic rings. The van der Waals surface area contributed by atoms with Crippen LogP contribution < -0.4 is 14.8 Å². The Labute approximate surface area is 153 Å². The number of carbonyl (C=O) groups excluding carboxylic acids is 1. The lowest BCUT2D eigenvalue weighted by Crippen LogP contribution is -2.19. The minimum absolute atomic E-state index is 0.180. The molecule has 25 heavy (non-hydrogen) atoms. The van der Waals surface area contributed by atoms with Crippen molar-refractivity contribution < 1.29 is 14.3 Å². The minimum atomic E-state index is -0.180. The van der Waals surface area contributed by atoms with Crippen molar-refractivity contribution in [2.45, 2.75) is 6.92 Å². The predicted octanol–water partition coefficient (Wildman–Crippen LogP) is 4.27. The van der Waals surface area contributed by atoms with Gasteiger partial charge in [-0.2, -0.15) is 0 Å². The van der Waals surface area contributed by atoms with Crippen molar-refractivity contribution in [2.24, 2.45) is 4.99 Å². The number of ether oxygens (including phenoxy) is 2. The summed E-state index contributed by atoms with van der Waals surface area (Å²) in [5.74, 6) is 1.21. The Hall–Kier alpha value is -2.44. The monoisotopic (exact) mass is 372 g/mol. The molecule has 0 saturated carbocycles. The van der Waals surface area contributed by atoms with Crippen LogP contribution in [-0.2, 0) is 4.79 Å². The van der Waals surface area contributed by atoms with Crippen molar-refractivity contribution >= 4 is 46.2 Å². The quantitative estimate of drug-likeness (QED) is 0.800. The van der Waals surface area contributed by atoms with Gasteiger partial charge in [0.25, 0.3) is 5.91 Å². The van der Waals surface area contributed by atoms with Crippen LogP contribution in [0, 0.1) is 6.92 Å². The van der Waals surface area contributed by atoms with Crippen LogP contribution in [0.5, 0.6) is 11.5 Å². The zero-order valence-electron chi connectivity index (χ0n) is 13.2.